The minimum atomic E-state index is 0.250. The molecule has 0 aromatic heterocycles. The Labute approximate surface area is 82.2 Å². The highest BCUT2D eigenvalue weighted by atomic mass is 16.2. The van der Waals surface area contributed by atoms with Crippen molar-refractivity contribution >= 4 is 16.9 Å². The molecule has 0 heterocycles. The molecule has 0 aliphatic carbocycles. The van der Waals surface area contributed by atoms with Gasteiger partial charge in [-0.2, -0.15) is 9.59 Å². The summed E-state index contributed by atoms with van der Waals surface area (Å²) in [6, 6.07) is 14.9. The molecule has 0 amide bonds. The normalized spacial score (nSPS) is 8.64. The van der Waals surface area contributed by atoms with E-state index in [0.717, 1.165) is 0 Å². The predicted molar refractivity (Wildman–Crippen MR) is 53.7 cm³/mol. The quantitative estimate of drug-likeness (QED) is 0.633. The number of rotatable bonds is 0. The lowest BCUT2D eigenvalue weighted by molar-refractivity contribution is -0.191. The summed E-state index contributed by atoms with van der Waals surface area (Å²) in [5, 5.41) is 2.64. The monoisotopic (exact) mass is 186 g/mol. The molecule has 0 unspecified atom stereocenters. The first kappa shape index (κ1) is 10.2. The van der Waals surface area contributed by atoms with Crippen LogP contribution >= 0.6 is 0 Å². The van der Waals surface area contributed by atoms with Gasteiger partial charge in [0.1, 0.15) is 0 Å². The van der Waals surface area contributed by atoms with Gasteiger partial charge in [-0.3, -0.25) is 0 Å². The molecule has 0 spiro atoms. The van der Waals surface area contributed by atoms with Crippen LogP contribution in [0.4, 0.5) is 0 Å². The highest BCUT2D eigenvalue weighted by Gasteiger charge is 1.89. The van der Waals surface area contributed by atoms with E-state index in [4.69, 9.17) is 9.59 Å². The van der Waals surface area contributed by atoms with E-state index in [1.165, 1.54) is 16.3 Å². The van der Waals surface area contributed by atoms with E-state index < -0.39 is 0 Å². The van der Waals surface area contributed by atoms with Crippen molar-refractivity contribution in [3.63, 3.8) is 0 Å². The summed E-state index contributed by atoms with van der Waals surface area (Å²) in [5.41, 5.74) is 1.32. The van der Waals surface area contributed by atoms with E-state index in [2.05, 4.69) is 49.4 Å². The molecule has 2 aromatic rings. The summed E-state index contributed by atoms with van der Waals surface area (Å²) in [7, 11) is 0. The first-order chi connectivity index (χ1) is 6.77. The average Bonchev–Trinajstić information content (AvgIpc) is 2.19. The van der Waals surface area contributed by atoms with Crippen LogP contribution in [0.5, 0.6) is 0 Å². The number of benzene rings is 2. The summed E-state index contributed by atoms with van der Waals surface area (Å²) in [4.78, 5) is 16.2. The molecular weight excluding hydrogens is 176 g/mol. The van der Waals surface area contributed by atoms with Crippen LogP contribution in [0, 0.1) is 6.92 Å². The van der Waals surface area contributed by atoms with Crippen molar-refractivity contribution < 1.29 is 9.59 Å². The van der Waals surface area contributed by atoms with Gasteiger partial charge < -0.3 is 0 Å². The maximum absolute atomic E-state index is 8.12. The second-order valence-corrected chi connectivity index (χ2v) is 2.93. The molecular formula is C12H10O2. The van der Waals surface area contributed by atoms with Crippen LogP contribution in [0.1, 0.15) is 5.56 Å². The molecule has 0 saturated carbocycles. The van der Waals surface area contributed by atoms with Crippen molar-refractivity contribution in [2.75, 3.05) is 0 Å². The standard InChI is InChI=1S/C11H10.CO2/c1-9-6-7-10-4-2-3-5-11(10)8-9;2-1-3/h2-8H,1H3;. The summed E-state index contributed by atoms with van der Waals surface area (Å²) in [6.07, 6.45) is 0.250. The largest absolute Gasteiger partial charge is 0.373 e. The van der Waals surface area contributed by atoms with Crippen LogP contribution in [0.15, 0.2) is 42.5 Å². The summed E-state index contributed by atoms with van der Waals surface area (Å²) >= 11 is 0. The van der Waals surface area contributed by atoms with Crippen molar-refractivity contribution in [3.8, 4) is 0 Å². The zero-order valence-corrected chi connectivity index (χ0v) is 7.86. The van der Waals surface area contributed by atoms with E-state index in [1.54, 1.807) is 0 Å². The lowest BCUT2D eigenvalue weighted by atomic mass is 10.1. The van der Waals surface area contributed by atoms with Crippen LogP contribution in [-0.4, -0.2) is 6.15 Å². The van der Waals surface area contributed by atoms with Crippen LogP contribution in [0.2, 0.25) is 0 Å². The van der Waals surface area contributed by atoms with Gasteiger partial charge in [0.05, 0.1) is 0 Å². The van der Waals surface area contributed by atoms with E-state index in [-0.39, 0.29) is 6.15 Å². The Morgan fingerprint density at radius 2 is 1.50 bits per heavy atom. The molecule has 0 aliphatic heterocycles. The fourth-order valence-corrected chi connectivity index (χ4v) is 1.31. The van der Waals surface area contributed by atoms with Crippen molar-refractivity contribution in [1.29, 1.82) is 0 Å². The van der Waals surface area contributed by atoms with Crippen LogP contribution in [-0.2, 0) is 9.59 Å². The maximum Gasteiger partial charge on any atom is 0.373 e. The van der Waals surface area contributed by atoms with Crippen LogP contribution < -0.4 is 0 Å². The molecule has 2 nitrogen and oxygen atoms in total. The molecule has 0 saturated heterocycles. The van der Waals surface area contributed by atoms with E-state index in [9.17, 15) is 0 Å². The number of fused-ring (bicyclic) bond motifs is 1. The third-order valence-corrected chi connectivity index (χ3v) is 1.90. The highest BCUT2D eigenvalue weighted by Crippen LogP contribution is 2.14. The molecule has 2 heteroatoms. The SMILES string of the molecule is Cc1ccc2ccccc2c1.O=C=O. The van der Waals surface area contributed by atoms with Gasteiger partial charge in [-0.15, -0.1) is 0 Å². The smallest absolute Gasteiger partial charge is 0.186 e. The number of hydrogen-bond donors (Lipinski definition) is 0. The van der Waals surface area contributed by atoms with E-state index in [0.29, 0.717) is 0 Å². The minimum absolute atomic E-state index is 0.250. The van der Waals surface area contributed by atoms with Gasteiger partial charge in [0.15, 0.2) is 0 Å². The van der Waals surface area contributed by atoms with Gasteiger partial charge in [-0.25, -0.2) is 0 Å². The zero-order valence-electron chi connectivity index (χ0n) is 7.86. The Morgan fingerprint density at radius 1 is 0.929 bits per heavy atom. The lowest BCUT2D eigenvalue weighted by Crippen LogP contribution is -1.73. The molecule has 14 heavy (non-hydrogen) atoms. The summed E-state index contributed by atoms with van der Waals surface area (Å²) < 4.78 is 0. The molecule has 0 fully saturated rings. The van der Waals surface area contributed by atoms with Gasteiger partial charge in [0.25, 0.3) is 0 Å². The zero-order chi connectivity index (χ0) is 10.4. The topological polar surface area (TPSA) is 34.1 Å². The number of aryl methyl sites for hydroxylation is 1. The molecule has 0 N–H and O–H groups in total. The Balaban J connectivity index is 0.000000293. The predicted octanol–water partition coefficient (Wildman–Crippen LogP) is 2.56. The molecule has 2 aromatic carbocycles. The minimum Gasteiger partial charge on any atom is -0.186 e. The third kappa shape index (κ3) is 2.54. The van der Waals surface area contributed by atoms with Crippen molar-refractivity contribution in [3.05, 3.63) is 48.0 Å². The number of carbonyl (C=O) groups excluding carboxylic acids is 2. The second-order valence-electron chi connectivity index (χ2n) is 2.93. The molecule has 0 bridgehead atoms. The molecule has 0 radical (unpaired) electrons. The first-order valence-electron chi connectivity index (χ1n) is 4.22. The van der Waals surface area contributed by atoms with Gasteiger partial charge in [0, 0.05) is 0 Å². The van der Waals surface area contributed by atoms with Gasteiger partial charge in [-0.05, 0) is 17.7 Å². The molecule has 2 rings (SSSR count). The van der Waals surface area contributed by atoms with Crippen LogP contribution in [0.3, 0.4) is 0 Å². The Morgan fingerprint density at radius 3 is 2.14 bits per heavy atom. The second kappa shape index (κ2) is 4.95. The van der Waals surface area contributed by atoms with Gasteiger partial charge in [-0.1, -0.05) is 48.0 Å². The number of hydrogen-bond acceptors (Lipinski definition) is 2. The van der Waals surface area contributed by atoms with Gasteiger partial charge >= 0.3 is 6.15 Å². The first-order valence-corrected chi connectivity index (χ1v) is 4.22. The third-order valence-electron chi connectivity index (χ3n) is 1.90. The van der Waals surface area contributed by atoms with Gasteiger partial charge in [0.2, 0.25) is 0 Å². The maximum atomic E-state index is 8.12. The highest BCUT2D eigenvalue weighted by molar-refractivity contribution is 5.82. The van der Waals surface area contributed by atoms with Crippen molar-refractivity contribution in [2.45, 2.75) is 6.92 Å². The lowest BCUT2D eigenvalue weighted by Gasteiger charge is -1.96. The summed E-state index contributed by atoms with van der Waals surface area (Å²) in [5.74, 6) is 0. The molecule has 70 valence electrons. The fraction of sp³-hybridized carbons (Fsp3) is 0.0833. The Hall–Kier alpha value is -1.92. The van der Waals surface area contributed by atoms with Crippen molar-refractivity contribution in [2.24, 2.45) is 0 Å². The van der Waals surface area contributed by atoms with E-state index >= 15 is 0 Å². The molecule has 0 atom stereocenters. The van der Waals surface area contributed by atoms with Crippen LogP contribution in [0.25, 0.3) is 10.8 Å². The fourth-order valence-electron chi connectivity index (χ4n) is 1.31. The Kier molecular flexibility index (Phi) is 3.59. The van der Waals surface area contributed by atoms with Crippen molar-refractivity contribution in [1.82, 2.24) is 0 Å². The summed E-state index contributed by atoms with van der Waals surface area (Å²) in [6.45, 7) is 2.12. The Bertz CT molecular complexity index is 455. The molecule has 0 aliphatic rings. The van der Waals surface area contributed by atoms with E-state index in [1.807, 2.05) is 0 Å². The average molecular weight is 186 g/mol.